The lowest BCUT2D eigenvalue weighted by Gasteiger charge is -2.31. The molecule has 3 unspecified atom stereocenters. The second-order valence-corrected chi connectivity index (χ2v) is 6.83. The predicted octanol–water partition coefficient (Wildman–Crippen LogP) is 1.88. The van der Waals surface area contributed by atoms with Crippen molar-refractivity contribution < 1.29 is 9.59 Å². The van der Waals surface area contributed by atoms with Gasteiger partial charge in [0.25, 0.3) is 0 Å². The van der Waals surface area contributed by atoms with Gasteiger partial charge in [-0.3, -0.25) is 9.59 Å². The van der Waals surface area contributed by atoms with Gasteiger partial charge < -0.3 is 15.5 Å². The first-order valence-corrected chi connectivity index (χ1v) is 8.42. The summed E-state index contributed by atoms with van der Waals surface area (Å²) in [5, 5.41) is 6.49. The third kappa shape index (κ3) is 4.08. The highest BCUT2D eigenvalue weighted by molar-refractivity contribution is 6.00. The highest BCUT2D eigenvalue weighted by Crippen LogP contribution is 2.26. The van der Waals surface area contributed by atoms with Crippen molar-refractivity contribution in [2.24, 2.45) is 11.8 Å². The summed E-state index contributed by atoms with van der Waals surface area (Å²) in [7, 11) is 0. The number of nitrogens with one attached hydrogen (secondary N) is 2. The first kappa shape index (κ1) is 18.7. The van der Waals surface area contributed by atoms with Crippen molar-refractivity contribution in [1.29, 1.82) is 0 Å². The molecular weight excluding hydrogens is 326 g/mol. The van der Waals surface area contributed by atoms with Crippen molar-refractivity contribution in [1.82, 2.24) is 10.6 Å². The molecule has 0 bridgehead atoms. The van der Waals surface area contributed by atoms with Crippen molar-refractivity contribution in [3.63, 3.8) is 0 Å². The Morgan fingerprint density at radius 2 is 2.00 bits per heavy atom. The molecule has 6 heteroatoms. The van der Waals surface area contributed by atoms with Crippen molar-refractivity contribution in [2.75, 3.05) is 24.5 Å². The molecule has 0 aromatic heterocycles. The molecule has 2 N–H and O–H groups in total. The zero-order chi connectivity index (χ0) is 16.4. The van der Waals surface area contributed by atoms with Crippen molar-refractivity contribution in [3.8, 4) is 0 Å². The topological polar surface area (TPSA) is 61.4 Å². The Morgan fingerprint density at radius 3 is 2.67 bits per heavy atom. The van der Waals surface area contributed by atoms with E-state index in [2.05, 4.69) is 17.6 Å². The molecule has 0 saturated carbocycles. The molecule has 2 amide bonds. The quantitative estimate of drug-likeness (QED) is 0.874. The van der Waals surface area contributed by atoms with Crippen LogP contribution in [-0.4, -0.2) is 37.5 Å². The lowest BCUT2D eigenvalue weighted by molar-refractivity contribution is -0.127. The maximum absolute atomic E-state index is 12.5. The van der Waals surface area contributed by atoms with Gasteiger partial charge >= 0.3 is 0 Å². The van der Waals surface area contributed by atoms with Crippen LogP contribution in [0.15, 0.2) is 24.3 Å². The van der Waals surface area contributed by atoms with Gasteiger partial charge in [0.15, 0.2) is 0 Å². The van der Waals surface area contributed by atoms with E-state index >= 15 is 0 Å². The second kappa shape index (κ2) is 7.99. The molecule has 3 rings (SSSR count). The van der Waals surface area contributed by atoms with Crippen LogP contribution in [0.25, 0.3) is 0 Å². The average molecular weight is 352 g/mol. The Bertz CT molecular complexity index is 590. The van der Waals surface area contributed by atoms with Gasteiger partial charge in [-0.05, 0) is 44.5 Å². The summed E-state index contributed by atoms with van der Waals surface area (Å²) in [6.07, 6.45) is 1.26. The zero-order valence-corrected chi connectivity index (χ0v) is 15.1. The fraction of sp³-hybridized carbons (Fsp3) is 0.556. The monoisotopic (exact) mass is 351 g/mol. The number of aryl methyl sites for hydroxylation is 1. The molecule has 2 saturated heterocycles. The first-order valence-electron chi connectivity index (χ1n) is 8.42. The molecule has 3 atom stereocenters. The summed E-state index contributed by atoms with van der Waals surface area (Å²) in [4.78, 5) is 26.5. The van der Waals surface area contributed by atoms with E-state index in [1.54, 1.807) is 4.90 Å². The van der Waals surface area contributed by atoms with Crippen LogP contribution >= 0.6 is 12.4 Å². The fourth-order valence-corrected chi connectivity index (χ4v) is 3.39. The summed E-state index contributed by atoms with van der Waals surface area (Å²) < 4.78 is 0. The number of hydrogen-bond acceptors (Lipinski definition) is 3. The minimum atomic E-state index is -0.245. The molecule has 1 aromatic rings. The molecule has 2 fully saturated rings. The molecule has 0 radical (unpaired) electrons. The van der Waals surface area contributed by atoms with E-state index in [1.807, 2.05) is 31.2 Å². The van der Waals surface area contributed by atoms with Crippen LogP contribution in [0.1, 0.15) is 25.3 Å². The predicted molar refractivity (Wildman–Crippen MR) is 97.5 cm³/mol. The highest BCUT2D eigenvalue weighted by atomic mass is 35.5. The number of nitrogens with zero attached hydrogens (tertiary/aromatic N) is 1. The number of anilines is 1. The Balaban J connectivity index is 0.00000208. The van der Waals surface area contributed by atoms with Crippen LogP contribution < -0.4 is 15.5 Å². The summed E-state index contributed by atoms with van der Waals surface area (Å²) >= 11 is 0. The number of hydrogen-bond donors (Lipinski definition) is 2. The second-order valence-electron chi connectivity index (χ2n) is 6.83. The Hall–Kier alpha value is -1.59. The van der Waals surface area contributed by atoms with Gasteiger partial charge in [-0.25, -0.2) is 0 Å². The third-order valence-corrected chi connectivity index (χ3v) is 4.95. The van der Waals surface area contributed by atoms with Crippen molar-refractivity contribution in [2.45, 2.75) is 32.7 Å². The van der Waals surface area contributed by atoms with Crippen LogP contribution in [-0.2, 0) is 9.59 Å². The van der Waals surface area contributed by atoms with Gasteiger partial charge in [0, 0.05) is 24.7 Å². The normalized spacial score (nSPS) is 26.8. The number of rotatable bonds is 3. The summed E-state index contributed by atoms with van der Waals surface area (Å²) in [5.41, 5.74) is 2.04. The smallest absolute Gasteiger partial charge is 0.227 e. The van der Waals surface area contributed by atoms with Gasteiger partial charge in [0.1, 0.15) is 0 Å². The Kier molecular flexibility index (Phi) is 6.24. The van der Waals surface area contributed by atoms with E-state index in [9.17, 15) is 9.59 Å². The molecular formula is C18H26ClN3O2. The third-order valence-electron chi connectivity index (χ3n) is 4.95. The molecule has 2 aliphatic heterocycles. The highest BCUT2D eigenvalue weighted by Gasteiger charge is 2.36. The molecule has 1 aromatic carbocycles. The summed E-state index contributed by atoms with van der Waals surface area (Å²) in [5.74, 6) is 0.239. The standard InChI is InChI=1S/C18H25N3O2.ClH/c1-12-3-5-15(6-4-12)21-11-14(9-17(21)22)18(23)20-16-7-8-19-10-13(16)2;/h3-6,13-14,16,19H,7-11H2,1-2H3,(H,20,23);1H. The zero-order valence-electron chi connectivity index (χ0n) is 14.2. The number of carbonyl (C=O) groups is 2. The molecule has 0 aliphatic carbocycles. The van der Waals surface area contributed by atoms with E-state index in [4.69, 9.17) is 0 Å². The van der Waals surface area contributed by atoms with E-state index in [-0.39, 0.29) is 36.2 Å². The number of halogens is 1. The van der Waals surface area contributed by atoms with Crippen LogP contribution in [0.3, 0.4) is 0 Å². The van der Waals surface area contributed by atoms with E-state index in [0.29, 0.717) is 18.9 Å². The summed E-state index contributed by atoms with van der Waals surface area (Å²) in [6, 6.07) is 8.09. The number of benzene rings is 1. The summed E-state index contributed by atoms with van der Waals surface area (Å²) in [6.45, 7) is 6.52. The van der Waals surface area contributed by atoms with E-state index in [0.717, 1.165) is 30.8 Å². The molecule has 24 heavy (non-hydrogen) atoms. The van der Waals surface area contributed by atoms with E-state index < -0.39 is 0 Å². The molecule has 132 valence electrons. The Labute approximate surface area is 149 Å². The van der Waals surface area contributed by atoms with Gasteiger partial charge in [-0.15, -0.1) is 12.4 Å². The lowest BCUT2D eigenvalue weighted by Crippen LogP contribution is -2.50. The first-order chi connectivity index (χ1) is 11.0. The minimum absolute atomic E-state index is 0. The van der Waals surface area contributed by atoms with Crippen molar-refractivity contribution in [3.05, 3.63) is 29.8 Å². The fourth-order valence-electron chi connectivity index (χ4n) is 3.39. The maximum atomic E-state index is 12.5. The number of piperidine rings is 1. The maximum Gasteiger partial charge on any atom is 0.227 e. The number of amides is 2. The molecule has 0 spiro atoms. The lowest BCUT2D eigenvalue weighted by atomic mass is 9.94. The minimum Gasteiger partial charge on any atom is -0.353 e. The van der Waals surface area contributed by atoms with Crippen LogP contribution in [0, 0.1) is 18.8 Å². The number of carbonyl (C=O) groups excluding carboxylic acids is 2. The SMILES string of the molecule is Cc1ccc(N2CC(C(=O)NC3CCNCC3C)CC2=O)cc1.Cl. The van der Waals surface area contributed by atoms with Crippen LogP contribution in [0.4, 0.5) is 5.69 Å². The van der Waals surface area contributed by atoms with E-state index in [1.165, 1.54) is 0 Å². The largest absolute Gasteiger partial charge is 0.353 e. The molecule has 2 aliphatic rings. The van der Waals surface area contributed by atoms with Crippen LogP contribution in [0.5, 0.6) is 0 Å². The Morgan fingerprint density at radius 1 is 1.29 bits per heavy atom. The van der Waals surface area contributed by atoms with Gasteiger partial charge in [-0.2, -0.15) is 0 Å². The van der Waals surface area contributed by atoms with Gasteiger partial charge in [0.05, 0.1) is 5.92 Å². The molecule has 2 heterocycles. The van der Waals surface area contributed by atoms with Gasteiger partial charge in [-0.1, -0.05) is 24.6 Å². The molecule has 5 nitrogen and oxygen atoms in total. The average Bonchev–Trinajstić information content (AvgIpc) is 2.92. The van der Waals surface area contributed by atoms with Crippen LogP contribution in [0.2, 0.25) is 0 Å². The van der Waals surface area contributed by atoms with Gasteiger partial charge in [0.2, 0.25) is 11.8 Å². The van der Waals surface area contributed by atoms with Crippen molar-refractivity contribution >= 4 is 29.9 Å².